The first-order chi connectivity index (χ1) is 9.17. The minimum absolute atomic E-state index is 0. The lowest BCUT2D eigenvalue weighted by Gasteiger charge is -2.39. The van der Waals surface area contributed by atoms with Crippen molar-refractivity contribution in [1.82, 2.24) is 9.88 Å². The molecule has 2 unspecified atom stereocenters. The number of piperidine rings is 1. The molecule has 1 aromatic rings. The highest BCUT2D eigenvalue weighted by Gasteiger charge is 2.32. The zero-order valence-electron chi connectivity index (χ0n) is 12.2. The van der Waals surface area contributed by atoms with Gasteiger partial charge in [-0.25, -0.2) is 4.98 Å². The summed E-state index contributed by atoms with van der Waals surface area (Å²) in [7, 11) is 0. The molecule has 0 saturated carbocycles. The van der Waals surface area contributed by atoms with Gasteiger partial charge in [-0.3, -0.25) is 4.79 Å². The van der Waals surface area contributed by atoms with Crippen molar-refractivity contribution in [3.63, 3.8) is 0 Å². The van der Waals surface area contributed by atoms with Crippen LogP contribution < -0.4 is 5.73 Å². The first-order valence-corrected chi connectivity index (χ1v) is 8.00. The highest BCUT2D eigenvalue weighted by Crippen LogP contribution is 2.28. The largest absolute Gasteiger partial charge is 0.334 e. The van der Waals surface area contributed by atoms with Crippen molar-refractivity contribution in [3.05, 3.63) is 16.1 Å². The predicted molar refractivity (Wildman–Crippen MR) is 85.4 cm³/mol. The molecule has 1 fully saturated rings. The molecule has 1 aliphatic heterocycles. The van der Waals surface area contributed by atoms with E-state index in [1.54, 1.807) is 0 Å². The van der Waals surface area contributed by atoms with Gasteiger partial charge in [0.15, 0.2) is 0 Å². The van der Waals surface area contributed by atoms with Gasteiger partial charge in [-0.05, 0) is 25.2 Å². The Morgan fingerprint density at radius 1 is 1.60 bits per heavy atom. The molecule has 114 valence electrons. The van der Waals surface area contributed by atoms with E-state index in [4.69, 9.17) is 5.73 Å². The molecule has 4 nitrogen and oxygen atoms in total. The van der Waals surface area contributed by atoms with E-state index < -0.39 is 0 Å². The number of thiazole rings is 1. The summed E-state index contributed by atoms with van der Waals surface area (Å²) in [5, 5.41) is 2.67. The summed E-state index contributed by atoms with van der Waals surface area (Å²) in [6.45, 7) is 5.71. The summed E-state index contributed by atoms with van der Waals surface area (Å²) in [5.74, 6) is 0.672. The molecule has 0 aliphatic carbocycles. The molecular weight excluding hydrogens is 294 g/mol. The SMILES string of the molecule is CCCC1C(C)CCCN1C(=O)c1csc(CN)n1.Cl. The predicted octanol–water partition coefficient (Wildman–Crippen LogP) is 3.06. The van der Waals surface area contributed by atoms with Gasteiger partial charge >= 0.3 is 0 Å². The first kappa shape index (κ1) is 17.4. The summed E-state index contributed by atoms with van der Waals surface area (Å²) in [5.41, 5.74) is 6.13. The van der Waals surface area contributed by atoms with E-state index in [0.29, 0.717) is 24.2 Å². The van der Waals surface area contributed by atoms with Crippen LogP contribution in [0.4, 0.5) is 0 Å². The molecule has 1 amide bonds. The Morgan fingerprint density at radius 2 is 2.35 bits per heavy atom. The van der Waals surface area contributed by atoms with E-state index in [2.05, 4.69) is 18.8 Å². The van der Waals surface area contributed by atoms with Gasteiger partial charge in [0.05, 0.1) is 0 Å². The molecule has 20 heavy (non-hydrogen) atoms. The van der Waals surface area contributed by atoms with Crippen molar-refractivity contribution in [3.8, 4) is 0 Å². The maximum Gasteiger partial charge on any atom is 0.273 e. The van der Waals surface area contributed by atoms with Crippen molar-refractivity contribution < 1.29 is 4.79 Å². The lowest BCUT2D eigenvalue weighted by molar-refractivity contribution is 0.0492. The molecule has 2 atom stereocenters. The van der Waals surface area contributed by atoms with Gasteiger partial charge in [0.2, 0.25) is 0 Å². The van der Waals surface area contributed by atoms with Gasteiger partial charge in [0, 0.05) is 24.5 Å². The second-order valence-electron chi connectivity index (χ2n) is 5.30. The first-order valence-electron chi connectivity index (χ1n) is 7.12. The maximum atomic E-state index is 12.6. The Bertz CT molecular complexity index is 438. The number of nitrogens with zero attached hydrogens (tertiary/aromatic N) is 2. The fraction of sp³-hybridized carbons (Fsp3) is 0.714. The van der Waals surface area contributed by atoms with Crippen LogP contribution in [0.15, 0.2) is 5.38 Å². The highest BCUT2D eigenvalue weighted by molar-refractivity contribution is 7.09. The van der Waals surface area contributed by atoms with Crippen molar-refractivity contribution >= 4 is 29.7 Å². The van der Waals surface area contributed by atoms with E-state index in [-0.39, 0.29) is 18.3 Å². The Kier molecular flexibility index (Phi) is 6.92. The monoisotopic (exact) mass is 317 g/mol. The normalized spacial score (nSPS) is 22.4. The van der Waals surface area contributed by atoms with E-state index in [1.165, 1.54) is 17.8 Å². The quantitative estimate of drug-likeness (QED) is 0.928. The summed E-state index contributed by atoms with van der Waals surface area (Å²) in [6, 6.07) is 0.370. The van der Waals surface area contributed by atoms with E-state index >= 15 is 0 Å². The third kappa shape index (κ3) is 3.71. The molecule has 0 aromatic carbocycles. The zero-order chi connectivity index (χ0) is 13.8. The Hall–Kier alpha value is -0.650. The molecule has 0 bridgehead atoms. The second kappa shape index (κ2) is 7.96. The molecule has 1 aromatic heterocycles. The molecule has 6 heteroatoms. The number of hydrogen-bond donors (Lipinski definition) is 1. The molecule has 2 rings (SSSR count). The van der Waals surface area contributed by atoms with Crippen molar-refractivity contribution in [2.45, 2.75) is 52.1 Å². The molecular formula is C14H24ClN3OS. The number of halogens is 1. The van der Waals surface area contributed by atoms with Crippen molar-refractivity contribution in [1.29, 1.82) is 0 Å². The Morgan fingerprint density at radius 3 is 2.95 bits per heavy atom. The smallest absolute Gasteiger partial charge is 0.273 e. The lowest BCUT2D eigenvalue weighted by atomic mass is 9.88. The van der Waals surface area contributed by atoms with E-state index in [9.17, 15) is 4.79 Å². The van der Waals surface area contributed by atoms with Crippen LogP contribution >= 0.6 is 23.7 Å². The third-order valence-corrected chi connectivity index (χ3v) is 4.78. The van der Waals surface area contributed by atoms with E-state index in [1.807, 2.05) is 10.3 Å². The Labute approximate surface area is 131 Å². The zero-order valence-corrected chi connectivity index (χ0v) is 13.8. The molecule has 0 radical (unpaired) electrons. The lowest BCUT2D eigenvalue weighted by Crippen LogP contribution is -2.47. The van der Waals surface area contributed by atoms with Crippen LogP contribution in [0.5, 0.6) is 0 Å². The average molecular weight is 318 g/mol. The minimum atomic E-state index is 0. The van der Waals surface area contributed by atoms with Crippen LogP contribution in [0, 0.1) is 5.92 Å². The van der Waals surface area contributed by atoms with Gasteiger partial charge < -0.3 is 10.6 Å². The van der Waals surface area contributed by atoms with Gasteiger partial charge in [0.25, 0.3) is 5.91 Å². The topological polar surface area (TPSA) is 59.2 Å². The van der Waals surface area contributed by atoms with Crippen molar-refractivity contribution in [2.75, 3.05) is 6.54 Å². The van der Waals surface area contributed by atoms with E-state index in [0.717, 1.165) is 30.8 Å². The fourth-order valence-electron chi connectivity index (χ4n) is 2.89. The van der Waals surface area contributed by atoms with Gasteiger partial charge in [0.1, 0.15) is 10.7 Å². The molecule has 1 saturated heterocycles. The van der Waals surface area contributed by atoms with Crippen LogP contribution in [0.2, 0.25) is 0 Å². The minimum Gasteiger partial charge on any atom is -0.334 e. The number of likely N-dealkylation sites (tertiary alicyclic amines) is 1. The number of carbonyl (C=O) groups excluding carboxylic acids is 1. The van der Waals surface area contributed by atoms with Gasteiger partial charge in [-0.15, -0.1) is 23.7 Å². The standard InChI is InChI=1S/C14H23N3OS.ClH/c1-3-5-12-10(2)6-4-7-17(12)14(18)11-9-19-13(8-15)16-11;/h9-10,12H,3-8,15H2,1-2H3;1H. The van der Waals surface area contributed by atoms with Crippen LogP contribution in [0.1, 0.15) is 55.0 Å². The molecule has 2 heterocycles. The number of hydrogen-bond acceptors (Lipinski definition) is 4. The number of carbonyl (C=O) groups is 1. The number of aromatic nitrogens is 1. The summed E-state index contributed by atoms with van der Waals surface area (Å²) in [6.07, 6.45) is 4.52. The van der Waals surface area contributed by atoms with Gasteiger partial charge in [-0.1, -0.05) is 20.3 Å². The van der Waals surface area contributed by atoms with Crippen LogP contribution in [0.3, 0.4) is 0 Å². The molecule has 2 N–H and O–H groups in total. The van der Waals surface area contributed by atoms with Crippen LogP contribution in [-0.2, 0) is 6.54 Å². The average Bonchev–Trinajstić information content (AvgIpc) is 2.89. The molecule has 1 aliphatic rings. The molecule has 0 spiro atoms. The summed E-state index contributed by atoms with van der Waals surface area (Å²) < 4.78 is 0. The maximum absolute atomic E-state index is 12.6. The van der Waals surface area contributed by atoms with Crippen molar-refractivity contribution in [2.24, 2.45) is 11.7 Å². The van der Waals surface area contributed by atoms with Gasteiger partial charge in [-0.2, -0.15) is 0 Å². The number of amides is 1. The van der Waals surface area contributed by atoms with Crippen LogP contribution in [-0.4, -0.2) is 28.4 Å². The van der Waals surface area contributed by atoms with Crippen LogP contribution in [0.25, 0.3) is 0 Å². The fourth-order valence-corrected chi connectivity index (χ4v) is 3.54. The summed E-state index contributed by atoms with van der Waals surface area (Å²) >= 11 is 1.47. The second-order valence-corrected chi connectivity index (χ2v) is 6.25. The number of nitrogens with two attached hydrogens (primary N) is 1. The summed E-state index contributed by atoms with van der Waals surface area (Å²) in [4.78, 5) is 18.9. The number of rotatable bonds is 4. The third-order valence-electron chi connectivity index (χ3n) is 3.91. The highest BCUT2D eigenvalue weighted by atomic mass is 35.5. The Balaban J connectivity index is 0.00000200.